The third-order valence-corrected chi connectivity index (χ3v) is 2.48. The lowest BCUT2D eigenvalue weighted by Gasteiger charge is -2.27. The lowest BCUT2D eigenvalue weighted by molar-refractivity contribution is -0.112. The van der Waals surface area contributed by atoms with Crippen molar-refractivity contribution in [2.45, 2.75) is 52.2 Å². The van der Waals surface area contributed by atoms with Crippen molar-refractivity contribution in [1.29, 1.82) is 0 Å². The summed E-state index contributed by atoms with van der Waals surface area (Å²) in [6.07, 6.45) is 4.86. The van der Waals surface area contributed by atoms with Crippen molar-refractivity contribution in [3.8, 4) is 0 Å². The molecule has 1 heterocycles. The predicted molar refractivity (Wildman–Crippen MR) is 65.8 cm³/mol. The van der Waals surface area contributed by atoms with Crippen molar-refractivity contribution in [1.82, 2.24) is 4.90 Å². The van der Waals surface area contributed by atoms with Crippen molar-refractivity contribution in [2.75, 3.05) is 6.54 Å². The lowest BCUT2D eigenvalue weighted by atomic mass is 10.2. The van der Waals surface area contributed by atoms with Crippen molar-refractivity contribution in [3.63, 3.8) is 0 Å². The van der Waals surface area contributed by atoms with Crippen molar-refractivity contribution >= 4 is 11.9 Å². The molecule has 1 rings (SSSR count). The summed E-state index contributed by atoms with van der Waals surface area (Å²) >= 11 is 0. The Labute approximate surface area is 103 Å². The fourth-order valence-corrected chi connectivity index (χ4v) is 1.79. The fourth-order valence-electron chi connectivity index (χ4n) is 1.79. The number of allylic oxidation sites excluding steroid dienone is 1. The second-order valence-electron chi connectivity index (χ2n) is 5.35. The fraction of sp³-hybridized carbons (Fsp3) is 0.692. The number of ketones is 1. The van der Waals surface area contributed by atoms with Gasteiger partial charge in [0.25, 0.3) is 0 Å². The Hall–Kier alpha value is -1.32. The monoisotopic (exact) mass is 239 g/mol. The average Bonchev–Trinajstić information content (AvgIpc) is 2.59. The molecule has 0 spiro atoms. The Bertz CT molecular complexity index is 328. The first-order chi connectivity index (χ1) is 7.79. The number of rotatable bonds is 2. The SMILES string of the molecule is CC(=O)/C=C/C1CCCN1C(=O)OC(C)(C)C. The predicted octanol–water partition coefficient (Wildman–Crippen LogP) is 2.53. The van der Waals surface area contributed by atoms with Crippen LogP contribution in [0, 0.1) is 0 Å². The molecule has 1 aliphatic rings. The lowest BCUT2D eigenvalue weighted by Crippen LogP contribution is -2.39. The number of hydrogen-bond donors (Lipinski definition) is 0. The first-order valence-electron chi connectivity index (χ1n) is 5.98. The van der Waals surface area contributed by atoms with Crippen molar-refractivity contribution in [3.05, 3.63) is 12.2 Å². The summed E-state index contributed by atoms with van der Waals surface area (Å²) in [6.45, 7) is 7.75. The Morgan fingerprint density at radius 2 is 2.00 bits per heavy atom. The zero-order chi connectivity index (χ0) is 13.1. The molecular formula is C13H21NO3. The van der Waals surface area contributed by atoms with E-state index < -0.39 is 5.60 Å². The summed E-state index contributed by atoms with van der Waals surface area (Å²) < 4.78 is 5.33. The van der Waals surface area contributed by atoms with Gasteiger partial charge in [0, 0.05) is 6.54 Å². The van der Waals surface area contributed by atoms with Gasteiger partial charge in [0.15, 0.2) is 5.78 Å². The van der Waals surface area contributed by atoms with E-state index in [2.05, 4.69) is 0 Å². The molecule has 96 valence electrons. The van der Waals surface area contributed by atoms with E-state index in [-0.39, 0.29) is 17.9 Å². The van der Waals surface area contributed by atoms with E-state index in [1.165, 1.54) is 13.0 Å². The van der Waals surface area contributed by atoms with E-state index in [0.717, 1.165) is 12.8 Å². The van der Waals surface area contributed by atoms with Gasteiger partial charge in [0.2, 0.25) is 0 Å². The first-order valence-corrected chi connectivity index (χ1v) is 5.98. The minimum Gasteiger partial charge on any atom is -0.444 e. The summed E-state index contributed by atoms with van der Waals surface area (Å²) in [4.78, 5) is 24.5. The third-order valence-electron chi connectivity index (χ3n) is 2.48. The van der Waals surface area contributed by atoms with Crippen LogP contribution in [0.15, 0.2) is 12.2 Å². The van der Waals surface area contributed by atoms with E-state index in [9.17, 15) is 9.59 Å². The van der Waals surface area contributed by atoms with Gasteiger partial charge in [-0.05, 0) is 46.6 Å². The van der Waals surface area contributed by atoms with Crippen LogP contribution in [-0.4, -0.2) is 35.0 Å². The molecule has 4 nitrogen and oxygen atoms in total. The summed E-state index contributed by atoms with van der Waals surface area (Å²) in [5.41, 5.74) is -0.478. The van der Waals surface area contributed by atoms with Gasteiger partial charge in [-0.25, -0.2) is 4.79 Å². The molecule has 1 aliphatic heterocycles. The van der Waals surface area contributed by atoms with Crippen LogP contribution in [0.3, 0.4) is 0 Å². The third kappa shape index (κ3) is 4.59. The topological polar surface area (TPSA) is 46.6 Å². The van der Waals surface area contributed by atoms with E-state index in [1.54, 1.807) is 11.0 Å². The standard InChI is InChI=1S/C13H21NO3/c1-10(15)7-8-11-6-5-9-14(11)12(16)17-13(2,3)4/h7-8,11H,5-6,9H2,1-4H3/b8-7+. The summed E-state index contributed by atoms with van der Waals surface area (Å²) in [7, 11) is 0. The van der Waals surface area contributed by atoms with Crippen LogP contribution in [0.5, 0.6) is 0 Å². The van der Waals surface area contributed by atoms with Gasteiger partial charge in [-0.15, -0.1) is 0 Å². The Balaban J connectivity index is 2.63. The van der Waals surface area contributed by atoms with Gasteiger partial charge in [-0.1, -0.05) is 6.08 Å². The molecule has 1 saturated heterocycles. The molecule has 0 aromatic carbocycles. The second kappa shape index (κ2) is 5.34. The molecule has 1 atom stereocenters. The Kier molecular flexibility index (Phi) is 4.32. The number of ether oxygens (including phenoxy) is 1. The average molecular weight is 239 g/mol. The number of hydrogen-bond acceptors (Lipinski definition) is 3. The van der Waals surface area contributed by atoms with Crippen LogP contribution in [0.25, 0.3) is 0 Å². The minimum atomic E-state index is -0.478. The highest BCUT2D eigenvalue weighted by molar-refractivity contribution is 5.87. The van der Waals surface area contributed by atoms with Crippen LogP contribution in [0.2, 0.25) is 0 Å². The van der Waals surface area contributed by atoms with Gasteiger partial charge < -0.3 is 9.64 Å². The van der Waals surface area contributed by atoms with E-state index >= 15 is 0 Å². The van der Waals surface area contributed by atoms with Gasteiger partial charge in [0.1, 0.15) is 5.60 Å². The molecule has 0 aromatic rings. The zero-order valence-electron chi connectivity index (χ0n) is 11.0. The molecule has 17 heavy (non-hydrogen) atoms. The molecule has 1 fully saturated rings. The normalized spacial score (nSPS) is 20.9. The summed E-state index contributed by atoms with van der Waals surface area (Å²) in [5, 5.41) is 0. The van der Waals surface area contributed by atoms with Crippen LogP contribution in [0.1, 0.15) is 40.5 Å². The smallest absolute Gasteiger partial charge is 0.410 e. The van der Waals surface area contributed by atoms with Crippen molar-refractivity contribution in [2.24, 2.45) is 0 Å². The molecule has 1 unspecified atom stereocenters. The first kappa shape index (κ1) is 13.7. The number of nitrogens with zero attached hydrogens (tertiary/aromatic N) is 1. The maximum Gasteiger partial charge on any atom is 0.410 e. The van der Waals surface area contributed by atoms with Crippen LogP contribution >= 0.6 is 0 Å². The quantitative estimate of drug-likeness (QED) is 0.696. The highest BCUT2D eigenvalue weighted by atomic mass is 16.6. The van der Waals surface area contributed by atoms with Gasteiger partial charge in [0.05, 0.1) is 6.04 Å². The van der Waals surface area contributed by atoms with Crippen molar-refractivity contribution < 1.29 is 14.3 Å². The van der Waals surface area contributed by atoms with E-state index in [0.29, 0.717) is 6.54 Å². The summed E-state index contributed by atoms with van der Waals surface area (Å²) in [5.74, 6) is 0.000962. The van der Waals surface area contributed by atoms with Crippen LogP contribution in [-0.2, 0) is 9.53 Å². The van der Waals surface area contributed by atoms with E-state index in [4.69, 9.17) is 4.74 Å². The van der Waals surface area contributed by atoms with Gasteiger partial charge in [-0.2, -0.15) is 0 Å². The molecule has 1 amide bonds. The Morgan fingerprint density at radius 1 is 1.35 bits per heavy atom. The number of carbonyl (C=O) groups is 2. The maximum atomic E-state index is 11.9. The highest BCUT2D eigenvalue weighted by Gasteiger charge is 2.30. The second-order valence-corrected chi connectivity index (χ2v) is 5.35. The number of amides is 1. The highest BCUT2D eigenvalue weighted by Crippen LogP contribution is 2.21. The van der Waals surface area contributed by atoms with Gasteiger partial charge >= 0.3 is 6.09 Å². The minimum absolute atomic E-state index is 0.000962. The molecule has 0 bridgehead atoms. The molecule has 0 aromatic heterocycles. The molecule has 4 heteroatoms. The summed E-state index contributed by atoms with van der Waals surface area (Å²) in [6, 6.07) is -0.00579. The van der Waals surface area contributed by atoms with Gasteiger partial charge in [-0.3, -0.25) is 4.79 Å². The molecular weight excluding hydrogens is 218 g/mol. The zero-order valence-corrected chi connectivity index (χ0v) is 11.0. The molecule has 0 N–H and O–H groups in total. The molecule has 0 saturated carbocycles. The van der Waals surface area contributed by atoms with E-state index in [1.807, 2.05) is 20.8 Å². The number of likely N-dealkylation sites (tertiary alicyclic amines) is 1. The van der Waals surface area contributed by atoms with Crippen LogP contribution < -0.4 is 0 Å². The number of carbonyl (C=O) groups excluding carboxylic acids is 2. The molecule has 0 radical (unpaired) electrons. The largest absolute Gasteiger partial charge is 0.444 e. The van der Waals surface area contributed by atoms with Crippen LogP contribution in [0.4, 0.5) is 4.79 Å². The molecule has 0 aliphatic carbocycles. The maximum absolute atomic E-state index is 11.9. The Morgan fingerprint density at radius 3 is 2.53 bits per heavy atom.